The molecule has 1 aliphatic heterocycles. The number of fused-ring (bicyclic) bond motifs is 1. The first-order valence-corrected chi connectivity index (χ1v) is 9.08. The van der Waals surface area contributed by atoms with Gasteiger partial charge in [-0.2, -0.15) is 0 Å². The Kier molecular flexibility index (Phi) is 5.67. The van der Waals surface area contributed by atoms with Crippen molar-refractivity contribution in [1.82, 2.24) is 4.98 Å². The fraction of sp³-hybridized carbons (Fsp3) is 0.412. The summed E-state index contributed by atoms with van der Waals surface area (Å²) in [6, 6.07) is 2.00. The Balaban J connectivity index is 1.92. The maximum Gasteiger partial charge on any atom is 0.298 e. The number of benzene rings is 1. The fourth-order valence-electron chi connectivity index (χ4n) is 2.55. The van der Waals surface area contributed by atoms with E-state index in [0.717, 1.165) is 30.4 Å². The third kappa shape index (κ3) is 4.10. The van der Waals surface area contributed by atoms with Crippen LogP contribution in [0.2, 0.25) is 0 Å². The molecular weight excluding hydrogens is 364 g/mol. The van der Waals surface area contributed by atoms with Crippen molar-refractivity contribution in [2.75, 3.05) is 45.3 Å². The molecule has 2 heterocycles. The Bertz CT molecular complexity index is 838. The Hall–Kier alpha value is -2.26. The Labute approximate surface area is 153 Å². The van der Waals surface area contributed by atoms with Crippen LogP contribution in [0.3, 0.4) is 0 Å². The number of hydrogen-bond donors (Lipinski definition) is 1. The first-order valence-electron chi connectivity index (χ1n) is 8.27. The number of aromatic nitrogens is 1. The number of carbonyl (C=O) groups is 1. The van der Waals surface area contributed by atoms with E-state index in [4.69, 9.17) is 9.47 Å². The minimum absolute atomic E-state index is 0.0530. The van der Waals surface area contributed by atoms with Gasteiger partial charge in [0.1, 0.15) is 30.8 Å². The van der Waals surface area contributed by atoms with Crippen molar-refractivity contribution < 1.29 is 27.9 Å². The second kappa shape index (κ2) is 7.96. The van der Waals surface area contributed by atoms with Gasteiger partial charge in [0.05, 0.1) is 25.3 Å². The molecule has 140 valence electrons. The van der Waals surface area contributed by atoms with Crippen LogP contribution in [0.25, 0.3) is 10.2 Å². The molecule has 0 saturated heterocycles. The summed E-state index contributed by atoms with van der Waals surface area (Å²) < 4.78 is 38.3. The van der Waals surface area contributed by atoms with Gasteiger partial charge in [-0.1, -0.05) is 11.3 Å². The highest BCUT2D eigenvalue weighted by molar-refractivity contribution is 7.22. The van der Waals surface area contributed by atoms with Crippen LogP contribution in [-0.2, 0) is 14.3 Å². The minimum Gasteiger partial charge on any atom is -0.494 e. The first-order chi connectivity index (χ1) is 12.5. The second-order valence-corrected chi connectivity index (χ2v) is 7.21. The zero-order valence-electron chi connectivity index (χ0n) is 14.6. The van der Waals surface area contributed by atoms with Gasteiger partial charge in [0.15, 0.2) is 10.9 Å². The van der Waals surface area contributed by atoms with E-state index >= 15 is 0 Å². The Morgan fingerprint density at radius 1 is 1.35 bits per heavy atom. The molecule has 0 saturated carbocycles. The van der Waals surface area contributed by atoms with E-state index in [-0.39, 0.29) is 17.9 Å². The Morgan fingerprint density at radius 3 is 2.85 bits per heavy atom. The van der Waals surface area contributed by atoms with Gasteiger partial charge in [-0.15, -0.1) is 0 Å². The van der Waals surface area contributed by atoms with Crippen molar-refractivity contribution >= 4 is 32.6 Å². The summed E-state index contributed by atoms with van der Waals surface area (Å²) in [6.45, 7) is 1.89. The number of thiazole rings is 1. The zero-order chi connectivity index (χ0) is 18.7. The third-order valence-corrected chi connectivity index (χ3v) is 4.82. The molecule has 1 amide bonds. The van der Waals surface area contributed by atoms with Crippen molar-refractivity contribution in [2.24, 2.45) is 0 Å². The van der Waals surface area contributed by atoms with E-state index in [1.807, 2.05) is 14.1 Å². The van der Waals surface area contributed by atoms with Crippen LogP contribution in [0.1, 0.15) is 6.42 Å². The maximum absolute atomic E-state index is 14.0. The summed E-state index contributed by atoms with van der Waals surface area (Å²) in [4.78, 5) is 19.7. The predicted octanol–water partition coefficient (Wildman–Crippen LogP) is 1.33. The molecule has 0 spiro atoms. The number of amides is 1. The average Bonchev–Trinajstić information content (AvgIpc) is 3.02. The van der Waals surface area contributed by atoms with Gasteiger partial charge >= 0.3 is 0 Å². The van der Waals surface area contributed by atoms with Gasteiger partial charge in [-0.3, -0.25) is 9.69 Å². The van der Waals surface area contributed by atoms with Gasteiger partial charge in [0.2, 0.25) is 5.76 Å². The largest absolute Gasteiger partial charge is 0.494 e. The third-order valence-electron chi connectivity index (χ3n) is 3.80. The molecule has 1 N–H and O–H groups in total. The highest BCUT2D eigenvalue weighted by atomic mass is 32.1. The molecule has 0 bridgehead atoms. The second-order valence-electron chi connectivity index (χ2n) is 6.20. The molecule has 0 fully saturated rings. The highest BCUT2D eigenvalue weighted by Gasteiger charge is 2.26. The molecule has 0 aliphatic carbocycles. The number of quaternary nitrogens is 1. The number of halogens is 2. The lowest BCUT2D eigenvalue weighted by molar-refractivity contribution is -0.858. The fourth-order valence-corrected chi connectivity index (χ4v) is 3.58. The average molecular weight is 384 g/mol. The van der Waals surface area contributed by atoms with E-state index in [9.17, 15) is 13.6 Å². The van der Waals surface area contributed by atoms with Crippen molar-refractivity contribution in [1.29, 1.82) is 0 Å². The normalized spacial score (nSPS) is 14.1. The van der Waals surface area contributed by atoms with Gasteiger partial charge < -0.3 is 14.4 Å². The van der Waals surface area contributed by atoms with Crippen molar-refractivity contribution in [3.63, 3.8) is 0 Å². The van der Waals surface area contributed by atoms with E-state index in [0.29, 0.717) is 23.0 Å². The number of rotatable bonds is 6. The van der Waals surface area contributed by atoms with E-state index in [1.54, 1.807) is 0 Å². The molecule has 0 atom stereocenters. The molecular formula is C17H20F2N3O3S+. The smallest absolute Gasteiger partial charge is 0.298 e. The summed E-state index contributed by atoms with van der Waals surface area (Å²) in [5, 5.41) is 0.304. The SMILES string of the molecule is C[NH+](C)CCCN(C(=O)C1=COCCO1)c1nc2c(F)cc(F)cc2s1. The standard InChI is InChI=1S/C17H19F2N3O3S/c1-21(2)4-3-5-22(16(23)13-10-24-6-7-25-13)17-20-15-12(19)8-11(18)9-14(15)26-17/h8-10H,3-7H2,1-2H3/p+1. The van der Waals surface area contributed by atoms with Crippen LogP contribution in [0, 0.1) is 11.6 Å². The number of anilines is 1. The van der Waals surface area contributed by atoms with Crippen molar-refractivity contribution in [2.45, 2.75) is 6.42 Å². The van der Waals surface area contributed by atoms with Crippen LogP contribution < -0.4 is 9.80 Å². The van der Waals surface area contributed by atoms with E-state index in [1.165, 1.54) is 22.1 Å². The quantitative estimate of drug-likeness (QED) is 0.817. The number of carbonyl (C=O) groups excluding carboxylic acids is 1. The molecule has 0 radical (unpaired) electrons. The molecule has 1 aromatic carbocycles. The van der Waals surface area contributed by atoms with Crippen LogP contribution in [0.15, 0.2) is 24.2 Å². The van der Waals surface area contributed by atoms with Crippen LogP contribution in [0.5, 0.6) is 0 Å². The molecule has 9 heteroatoms. The molecule has 2 aromatic rings. The van der Waals surface area contributed by atoms with E-state index in [2.05, 4.69) is 4.98 Å². The molecule has 1 aliphatic rings. The van der Waals surface area contributed by atoms with E-state index < -0.39 is 17.5 Å². The molecule has 26 heavy (non-hydrogen) atoms. The van der Waals surface area contributed by atoms with Crippen molar-refractivity contribution in [3.05, 3.63) is 35.8 Å². The first kappa shape index (κ1) is 18.5. The monoisotopic (exact) mass is 384 g/mol. The Morgan fingerprint density at radius 2 is 2.15 bits per heavy atom. The van der Waals surface area contributed by atoms with Gasteiger partial charge in [0, 0.05) is 19.0 Å². The predicted molar refractivity (Wildman–Crippen MR) is 94.2 cm³/mol. The van der Waals surface area contributed by atoms with Gasteiger partial charge in [0.25, 0.3) is 5.91 Å². The van der Waals surface area contributed by atoms with Crippen LogP contribution >= 0.6 is 11.3 Å². The van der Waals surface area contributed by atoms with Gasteiger partial charge in [-0.05, 0) is 6.07 Å². The summed E-state index contributed by atoms with van der Waals surface area (Å²) in [5.41, 5.74) is 0.0530. The highest BCUT2D eigenvalue weighted by Crippen LogP contribution is 2.32. The zero-order valence-corrected chi connectivity index (χ0v) is 15.4. The lowest BCUT2D eigenvalue weighted by Crippen LogP contribution is -3.05. The number of hydrogen-bond acceptors (Lipinski definition) is 5. The molecule has 0 unspecified atom stereocenters. The number of ether oxygens (including phenoxy) is 2. The number of nitrogens with one attached hydrogen (secondary N) is 1. The van der Waals surface area contributed by atoms with Crippen LogP contribution in [0.4, 0.5) is 13.9 Å². The maximum atomic E-state index is 14.0. The van der Waals surface area contributed by atoms with Crippen molar-refractivity contribution in [3.8, 4) is 0 Å². The lowest BCUT2D eigenvalue weighted by atomic mass is 10.3. The topological polar surface area (TPSA) is 56.1 Å². The van der Waals surface area contributed by atoms with Crippen LogP contribution in [-0.4, -0.2) is 51.3 Å². The summed E-state index contributed by atoms with van der Waals surface area (Å²) in [7, 11) is 4.03. The lowest BCUT2D eigenvalue weighted by Gasteiger charge is -2.23. The summed E-state index contributed by atoms with van der Waals surface area (Å²) >= 11 is 1.07. The summed E-state index contributed by atoms with van der Waals surface area (Å²) in [5.74, 6) is -1.74. The van der Waals surface area contributed by atoms with Gasteiger partial charge in [-0.25, -0.2) is 13.8 Å². The number of nitrogens with zero attached hydrogens (tertiary/aromatic N) is 2. The molecule has 6 nitrogen and oxygen atoms in total. The molecule has 1 aromatic heterocycles. The minimum atomic E-state index is -0.746. The molecule has 3 rings (SSSR count). The summed E-state index contributed by atoms with van der Waals surface area (Å²) in [6.07, 6.45) is 2.00.